The molecule has 0 spiro atoms. The fourth-order valence-electron chi connectivity index (χ4n) is 5.81. The van der Waals surface area contributed by atoms with Crippen molar-refractivity contribution in [2.75, 3.05) is 13.1 Å². The Morgan fingerprint density at radius 3 is 1.00 bits per heavy atom. The molecule has 0 fully saturated rings. The first kappa shape index (κ1) is 38.9. The highest BCUT2D eigenvalue weighted by Gasteiger charge is 2.25. The predicted molar refractivity (Wildman–Crippen MR) is 171 cm³/mol. The standard InChI is InChI=1S/C35H69NO4/c1-3-5-7-9-11-13-15-16-17-18-19-20-22-24-26-28-32-36(33(35(39)40)29-30-34(37)38)31-27-25-23-21-14-12-10-8-6-4-2/h33H,3-32H2,1-2H3,(H,37,38)(H,39,40)/t33-/m0/s1. The third-order valence-electron chi connectivity index (χ3n) is 8.46. The molecule has 0 rings (SSSR count). The largest absolute Gasteiger partial charge is 0.481 e. The van der Waals surface area contributed by atoms with Gasteiger partial charge in [0, 0.05) is 6.42 Å². The van der Waals surface area contributed by atoms with E-state index in [1.807, 2.05) is 0 Å². The van der Waals surface area contributed by atoms with Crippen molar-refractivity contribution >= 4 is 11.9 Å². The Kier molecular flexibility index (Phi) is 30.0. The van der Waals surface area contributed by atoms with Crippen LogP contribution in [0.25, 0.3) is 0 Å². The monoisotopic (exact) mass is 568 g/mol. The minimum atomic E-state index is -0.910. The first-order chi connectivity index (χ1) is 19.5. The van der Waals surface area contributed by atoms with E-state index in [0.29, 0.717) is 0 Å². The Bertz CT molecular complexity index is 554. The van der Waals surface area contributed by atoms with Crippen LogP contribution in [0.5, 0.6) is 0 Å². The van der Waals surface area contributed by atoms with E-state index in [1.54, 1.807) is 0 Å². The maximum Gasteiger partial charge on any atom is 0.320 e. The van der Waals surface area contributed by atoms with E-state index in [1.165, 1.54) is 141 Å². The highest BCUT2D eigenvalue weighted by molar-refractivity contribution is 5.75. The second-order valence-corrected chi connectivity index (χ2v) is 12.3. The van der Waals surface area contributed by atoms with Gasteiger partial charge >= 0.3 is 11.9 Å². The summed E-state index contributed by atoms with van der Waals surface area (Å²) in [4.78, 5) is 25.1. The molecular weight excluding hydrogens is 498 g/mol. The summed E-state index contributed by atoms with van der Waals surface area (Å²) in [5, 5.41) is 18.9. The van der Waals surface area contributed by atoms with Gasteiger partial charge in [-0.05, 0) is 32.4 Å². The molecule has 1 atom stereocenters. The minimum Gasteiger partial charge on any atom is -0.481 e. The molecule has 0 unspecified atom stereocenters. The van der Waals surface area contributed by atoms with Crippen molar-refractivity contribution in [3.05, 3.63) is 0 Å². The van der Waals surface area contributed by atoms with Crippen LogP contribution >= 0.6 is 0 Å². The zero-order chi connectivity index (χ0) is 29.5. The van der Waals surface area contributed by atoms with Crippen LogP contribution < -0.4 is 0 Å². The molecule has 0 radical (unpaired) electrons. The zero-order valence-corrected chi connectivity index (χ0v) is 26.9. The van der Waals surface area contributed by atoms with Crippen molar-refractivity contribution in [2.45, 2.75) is 200 Å². The van der Waals surface area contributed by atoms with Crippen molar-refractivity contribution in [1.82, 2.24) is 4.90 Å². The molecule has 40 heavy (non-hydrogen) atoms. The Hall–Kier alpha value is -1.10. The summed E-state index contributed by atoms with van der Waals surface area (Å²) in [5.74, 6) is -1.78. The lowest BCUT2D eigenvalue weighted by Crippen LogP contribution is -2.42. The van der Waals surface area contributed by atoms with Gasteiger partial charge in [-0.3, -0.25) is 14.5 Å². The van der Waals surface area contributed by atoms with Gasteiger partial charge in [0.25, 0.3) is 0 Å². The van der Waals surface area contributed by atoms with Crippen molar-refractivity contribution in [2.24, 2.45) is 0 Å². The molecule has 0 aliphatic carbocycles. The maximum atomic E-state index is 12.0. The van der Waals surface area contributed by atoms with Gasteiger partial charge in [-0.15, -0.1) is 0 Å². The molecule has 0 aliphatic heterocycles. The summed E-state index contributed by atoms with van der Waals surface area (Å²) in [6.07, 6.45) is 34.0. The normalized spacial score (nSPS) is 12.3. The van der Waals surface area contributed by atoms with Crippen LogP contribution in [0.1, 0.15) is 194 Å². The lowest BCUT2D eigenvalue weighted by atomic mass is 10.0. The number of carboxylic acid groups (broad SMARTS) is 2. The summed E-state index contributed by atoms with van der Waals surface area (Å²) < 4.78 is 0. The zero-order valence-electron chi connectivity index (χ0n) is 26.9. The van der Waals surface area contributed by atoms with Crippen LogP contribution in [0.3, 0.4) is 0 Å². The van der Waals surface area contributed by atoms with Crippen LogP contribution in [0, 0.1) is 0 Å². The molecule has 0 bridgehead atoms. The van der Waals surface area contributed by atoms with Crippen LogP contribution in [0.15, 0.2) is 0 Å². The second kappa shape index (κ2) is 30.8. The average Bonchev–Trinajstić information content (AvgIpc) is 2.93. The first-order valence-corrected chi connectivity index (χ1v) is 17.7. The molecule has 0 aliphatic rings. The second-order valence-electron chi connectivity index (χ2n) is 12.3. The van der Waals surface area contributed by atoms with Gasteiger partial charge in [-0.25, -0.2) is 0 Å². The Balaban J connectivity index is 4.04. The Labute approximate surface area is 249 Å². The van der Waals surface area contributed by atoms with E-state index in [0.717, 1.165) is 38.8 Å². The molecule has 0 heterocycles. The summed E-state index contributed by atoms with van der Waals surface area (Å²) in [7, 11) is 0. The smallest absolute Gasteiger partial charge is 0.320 e. The summed E-state index contributed by atoms with van der Waals surface area (Å²) in [5.41, 5.74) is 0. The first-order valence-electron chi connectivity index (χ1n) is 17.7. The third kappa shape index (κ3) is 27.1. The number of rotatable bonds is 33. The molecular formula is C35H69NO4. The number of carbonyl (C=O) groups is 2. The van der Waals surface area contributed by atoms with E-state index < -0.39 is 18.0 Å². The van der Waals surface area contributed by atoms with E-state index in [2.05, 4.69) is 18.7 Å². The number of nitrogens with zero attached hydrogens (tertiary/aromatic N) is 1. The van der Waals surface area contributed by atoms with Crippen molar-refractivity contribution in [3.63, 3.8) is 0 Å². The summed E-state index contributed by atoms with van der Waals surface area (Å²) >= 11 is 0. The Morgan fingerprint density at radius 2 is 0.750 bits per heavy atom. The van der Waals surface area contributed by atoms with E-state index in [9.17, 15) is 14.7 Å². The van der Waals surface area contributed by atoms with Gasteiger partial charge in [-0.1, -0.05) is 168 Å². The van der Waals surface area contributed by atoms with Gasteiger partial charge in [0.2, 0.25) is 0 Å². The average molecular weight is 568 g/mol. The highest BCUT2D eigenvalue weighted by Crippen LogP contribution is 2.17. The fourth-order valence-corrected chi connectivity index (χ4v) is 5.81. The number of unbranched alkanes of at least 4 members (excludes halogenated alkanes) is 24. The quantitative estimate of drug-likeness (QED) is 0.0771. The van der Waals surface area contributed by atoms with Crippen LogP contribution in [0.2, 0.25) is 0 Å². The molecule has 0 aromatic rings. The summed E-state index contributed by atoms with van der Waals surface area (Å²) in [6, 6.07) is -0.675. The van der Waals surface area contributed by atoms with E-state index in [-0.39, 0.29) is 12.8 Å². The molecule has 0 aromatic heterocycles. The van der Waals surface area contributed by atoms with Crippen LogP contribution in [-0.2, 0) is 9.59 Å². The van der Waals surface area contributed by atoms with Gasteiger partial charge in [0.15, 0.2) is 0 Å². The van der Waals surface area contributed by atoms with Crippen molar-refractivity contribution in [3.8, 4) is 0 Å². The fraction of sp³-hybridized carbons (Fsp3) is 0.943. The van der Waals surface area contributed by atoms with E-state index in [4.69, 9.17) is 5.11 Å². The molecule has 0 saturated carbocycles. The lowest BCUT2D eigenvalue weighted by Gasteiger charge is -2.28. The molecule has 0 aromatic carbocycles. The molecule has 238 valence electrons. The van der Waals surface area contributed by atoms with Gasteiger partial charge in [0.05, 0.1) is 0 Å². The number of hydrogen-bond acceptors (Lipinski definition) is 3. The van der Waals surface area contributed by atoms with Crippen LogP contribution in [-0.4, -0.2) is 46.2 Å². The molecule has 5 nitrogen and oxygen atoms in total. The van der Waals surface area contributed by atoms with Crippen molar-refractivity contribution in [1.29, 1.82) is 0 Å². The SMILES string of the molecule is CCCCCCCCCCCCCCCCCCN(CCCCCCCCCCCC)[C@@H](CCC(=O)O)C(=O)O. The molecule has 0 saturated heterocycles. The topological polar surface area (TPSA) is 77.8 Å². The summed E-state index contributed by atoms with van der Waals surface area (Å²) in [6.45, 7) is 6.07. The number of aliphatic carboxylic acids is 2. The third-order valence-corrected chi connectivity index (χ3v) is 8.46. The van der Waals surface area contributed by atoms with E-state index >= 15 is 0 Å². The Morgan fingerprint density at radius 1 is 0.475 bits per heavy atom. The van der Waals surface area contributed by atoms with Gasteiger partial charge < -0.3 is 10.2 Å². The number of hydrogen-bond donors (Lipinski definition) is 2. The minimum absolute atomic E-state index is 0.0789. The predicted octanol–water partition coefficient (Wildman–Crippen LogP) is 10.8. The lowest BCUT2D eigenvalue weighted by molar-refractivity contribution is -0.144. The van der Waals surface area contributed by atoms with Gasteiger partial charge in [-0.2, -0.15) is 0 Å². The highest BCUT2D eigenvalue weighted by atomic mass is 16.4. The maximum absolute atomic E-state index is 12.0. The van der Waals surface area contributed by atoms with Crippen molar-refractivity contribution < 1.29 is 19.8 Å². The number of carboxylic acids is 2. The van der Waals surface area contributed by atoms with Gasteiger partial charge in [0.1, 0.15) is 6.04 Å². The molecule has 5 heteroatoms. The molecule has 2 N–H and O–H groups in total. The van der Waals surface area contributed by atoms with Crippen LogP contribution in [0.4, 0.5) is 0 Å². The molecule has 0 amide bonds.